The highest BCUT2D eigenvalue weighted by atomic mass is 32.1. The van der Waals surface area contributed by atoms with E-state index in [1.807, 2.05) is 59.3 Å². The number of hydrogen-bond acceptors (Lipinski definition) is 6. The summed E-state index contributed by atoms with van der Waals surface area (Å²) in [7, 11) is 0. The Hall–Kier alpha value is -3.65. The van der Waals surface area contributed by atoms with Crippen LogP contribution >= 0.6 is 11.3 Å². The molecule has 3 amide bonds. The topological polar surface area (TPSA) is 84.9 Å². The second-order valence-electron chi connectivity index (χ2n) is 10.9. The van der Waals surface area contributed by atoms with Crippen molar-refractivity contribution in [3.05, 3.63) is 88.1 Å². The van der Waals surface area contributed by atoms with Crippen LogP contribution in [-0.2, 0) is 19.7 Å². The number of nitrogens with one attached hydrogen (secondary N) is 1. The van der Waals surface area contributed by atoms with Crippen molar-refractivity contribution in [3.8, 4) is 0 Å². The van der Waals surface area contributed by atoms with E-state index in [0.29, 0.717) is 22.4 Å². The monoisotopic (exact) mass is 520 g/mol. The summed E-state index contributed by atoms with van der Waals surface area (Å²) in [6.45, 7) is 10.6. The second-order valence-corrected chi connectivity index (χ2v) is 11.7. The molecule has 0 saturated carbocycles. The van der Waals surface area contributed by atoms with Gasteiger partial charge >= 0.3 is 12.2 Å². The molecule has 2 aromatic carbocycles. The summed E-state index contributed by atoms with van der Waals surface area (Å²) in [5.41, 5.74) is -0.678. The number of carbonyl (C=O) groups excluding carboxylic acids is 3. The van der Waals surface area contributed by atoms with E-state index in [4.69, 9.17) is 9.47 Å². The first-order chi connectivity index (χ1) is 17.3. The number of imide groups is 1. The number of rotatable bonds is 4. The van der Waals surface area contributed by atoms with Crippen LogP contribution in [0.15, 0.2) is 71.4 Å². The zero-order valence-corrected chi connectivity index (χ0v) is 22.7. The summed E-state index contributed by atoms with van der Waals surface area (Å²) in [6, 6.07) is 17.3. The molecule has 37 heavy (non-hydrogen) atoms. The molecule has 2 atom stereocenters. The molecule has 0 bridgehead atoms. The van der Waals surface area contributed by atoms with Gasteiger partial charge in [-0.05, 0) is 81.1 Å². The third-order valence-electron chi connectivity index (χ3n) is 5.89. The van der Waals surface area contributed by atoms with Gasteiger partial charge < -0.3 is 14.8 Å². The van der Waals surface area contributed by atoms with Crippen LogP contribution in [0.25, 0.3) is 0 Å². The maximum atomic E-state index is 14.7. The maximum Gasteiger partial charge on any atom is 0.421 e. The summed E-state index contributed by atoms with van der Waals surface area (Å²) in [5, 5.41) is 6.75. The maximum absolute atomic E-state index is 14.7. The van der Waals surface area contributed by atoms with Crippen LogP contribution in [-0.4, -0.2) is 29.3 Å². The fourth-order valence-corrected chi connectivity index (χ4v) is 5.31. The lowest BCUT2D eigenvalue weighted by atomic mass is 9.68. The van der Waals surface area contributed by atoms with Crippen LogP contribution in [0.3, 0.4) is 0 Å². The van der Waals surface area contributed by atoms with Crippen LogP contribution in [0.1, 0.15) is 64.3 Å². The number of alkyl carbamates (subject to hydrolysis) is 1. The zero-order chi connectivity index (χ0) is 27.0. The van der Waals surface area contributed by atoms with Crippen molar-refractivity contribution >= 4 is 35.1 Å². The number of fused-ring (bicyclic) bond motifs is 1. The molecule has 1 aliphatic rings. The molecule has 0 fully saturated rings. The average Bonchev–Trinajstić information content (AvgIpc) is 3.41. The lowest BCUT2D eigenvalue weighted by Gasteiger charge is -2.37. The quantitative estimate of drug-likeness (QED) is 0.420. The number of para-hydroxylation sites is 1. The minimum absolute atomic E-state index is 0.414. The molecular weight excluding hydrogens is 488 g/mol. The van der Waals surface area contributed by atoms with Crippen molar-refractivity contribution in [2.75, 3.05) is 4.90 Å². The van der Waals surface area contributed by atoms with Gasteiger partial charge in [0.05, 0.1) is 11.7 Å². The molecule has 3 aromatic rings. The number of carbonyl (C=O) groups is 3. The first kappa shape index (κ1) is 26.4. The molecule has 0 aliphatic carbocycles. The van der Waals surface area contributed by atoms with Crippen LogP contribution in [0.5, 0.6) is 0 Å². The fraction of sp³-hybridized carbons (Fsp3) is 0.345. The number of ether oxygens (including phenoxy) is 2. The Labute approximate surface area is 221 Å². The highest BCUT2D eigenvalue weighted by Crippen LogP contribution is 2.53. The van der Waals surface area contributed by atoms with E-state index >= 15 is 0 Å². The third-order valence-corrected chi connectivity index (χ3v) is 6.59. The molecule has 4 rings (SSSR count). The van der Waals surface area contributed by atoms with Gasteiger partial charge in [0.15, 0.2) is 0 Å². The molecule has 0 saturated heterocycles. The van der Waals surface area contributed by atoms with Crippen molar-refractivity contribution < 1.29 is 23.9 Å². The minimum Gasteiger partial charge on any atom is -0.444 e. The fourth-order valence-electron chi connectivity index (χ4n) is 4.62. The molecule has 194 valence electrons. The van der Waals surface area contributed by atoms with Crippen molar-refractivity contribution in [2.24, 2.45) is 0 Å². The summed E-state index contributed by atoms with van der Waals surface area (Å²) >= 11 is 1.45. The number of anilines is 1. The number of hydrogen-bond donors (Lipinski definition) is 1. The molecule has 1 N–H and O–H groups in total. The first-order valence-electron chi connectivity index (χ1n) is 12.1. The standard InChI is InChI=1S/C29H32N2O5S/c1-27(2,3)35-25(33)30-23(19-16-17-37-18-19)29(20-12-8-7-9-13-20)21-14-10-11-15-22(21)31(24(29)32)26(34)36-28(4,5)6/h7-18,23H,1-6H3,(H,30,33)/t23-,29-/m0/s1. The minimum atomic E-state index is -1.47. The van der Waals surface area contributed by atoms with Crippen LogP contribution < -0.4 is 10.2 Å². The lowest BCUT2D eigenvalue weighted by molar-refractivity contribution is -0.122. The van der Waals surface area contributed by atoms with Gasteiger partial charge in [-0.1, -0.05) is 48.5 Å². The third kappa shape index (κ3) is 5.11. The molecular formula is C29H32N2O5S. The second kappa shape index (κ2) is 9.67. The zero-order valence-electron chi connectivity index (χ0n) is 21.9. The normalized spacial score (nSPS) is 18.2. The smallest absolute Gasteiger partial charge is 0.421 e. The summed E-state index contributed by atoms with van der Waals surface area (Å²) < 4.78 is 11.3. The SMILES string of the molecule is CC(C)(C)OC(=O)N[C@@H](c1ccsc1)[C@@]1(c2ccccc2)C(=O)N(C(=O)OC(C)(C)C)c2ccccc21. The van der Waals surface area contributed by atoms with Crippen LogP contribution in [0.2, 0.25) is 0 Å². The van der Waals surface area contributed by atoms with Gasteiger partial charge in [-0.3, -0.25) is 4.79 Å². The van der Waals surface area contributed by atoms with E-state index in [1.54, 1.807) is 53.7 Å². The first-order valence-corrected chi connectivity index (χ1v) is 13.0. The lowest BCUT2D eigenvalue weighted by Crippen LogP contribution is -2.53. The van der Waals surface area contributed by atoms with Crippen molar-refractivity contribution in [1.82, 2.24) is 5.32 Å². The Morgan fingerprint density at radius 1 is 0.892 bits per heavy atom. The number of nitrogens with zero attached hydrogens (tertiary/aromatic N) is 1. The molecule has 1 aliphatic heterocycles. The summed E-state index contributed by atoms with van der Waals surface area (Å²) in [4.78, 5) is 42.4. The van der Waals surface area contributed by atoms with Gasteiger partial charge in [0.1, 0.15) is 16.6 Å². The number of amides is 3. The van der Waals surface area contributed by atoms with Gasteiger partial charge in [-0.25, -0.2) is 14.5 Å². The molecule has 1 aromatic heterocycles. The van der Waals surface area contributed by atoms with Crippen molar-refractivity contribution in [3.63, 3.8) is 0 Å². The molecule has 7 nitrogen and oxygen atoms in total. The van der Waals surface area contributed by atoms with E-state index in [1.165, 1.54) is 11.3 Å². The van der Waals surface area contributed by atoms with E-state index in [0.717, 1.165) is 4.90 Å². The summed E-state index contributed by atoms with van der Waals surface area (Å²) in [6.07, 6.45) is -1.44. The van der Waals surface area contributed by atoms with Crippen LogP contribution in [0.4, 0.5) is 15.3 Å². The van der Waals surface area contributed by atoms with Crippen molar-refractivity contribution in [1.29, 1.82) is 0 Å². The van der Waals surface area contributed by atoms with Gasteiger partial charge in [-0.2, -0.15) is 11.3 Å². The largest absolute Gasteiger partial charge is 0.444 e. The predicted molar refractivity (Wildman–Crippen MR) is 144 cm³/mol. The van der Waals surface area contributed by atoms with Gasteiger partial charge in [-0.15, -0.1) is 0 Å². The highest BCUT2D eigenvalue weighted by molar-refractivity contribution is 7.08. The van der Waals surface area contributed by atoms with E-state index in [-0.39, 0.29) is 0 Å². The predicted octanol–water partition coefficient (Wildman–Crippen LogP) is 6.58. The molecule has 8 heteroatoms. The van der Waals surface area contributed by atoms with E-state index in [2.05, 4.69) is 5.32 Å². The average molecular weight is 521 g/mol. The molecule has 0 radical (unpaired) electrons. The van der Waals surface area contributed by atoms with Crippen LogP contribution in [0, 0.1) is 0 Å². The van der Waals surface area contributed by atoms with Gasteiger partial charge in [0.2, 0.25) is 0 Å². The molecule has 2 heterocycles. The summed E-state index contributed by atoms with van der Waals surface area (Å²) in [5.74, 6) is -0.513. The number of thiophene rings is 1. The Kier molecular flexibility index (Phi) is 6.90. The van der Waals surface area contributed by atoms with Gasteiger partial charge in [0, 0.05) is 0 Å². The van der Waals surface area contributed by atoms with Crippen molar-refractivity contribution in [2.45, 2.75) is 64.2 Å². The Morgan fingerprint density at radius 3 is 2.11 bits per heavy atom. The number of benzene rings is 2. The molecule has 0 unspecified atom stereocenters. The van der Waals surface area contributed by atoms with Gasteiger partial charge in [0.25, 0.3) is 5.91 Å². The van der Waals surface area contributed by atoms with E-state index < -0.39 is 40.8 Å². The molecule has 0 spiro atoms. The Morgan fingerprint density at radius 2 is 1.51 bits per heavy atom. The highest BCUT2D eigenvalue weighted by Gasteiger charge is 2.60. The Balaban J connectivity index is 1.97. The van der Waals surface area contributed by atoms with E-state index in [9.17, 15) is 14.4 Å². The Bertz CT molecular complexity index is 1290.